The fourth-order valence-corrected chi connectivity index (χ4v) is 8.56. The van der Waals surface area contributed by atoms with Gasteiger partial charge in [-0.2, -0.15) is 0 Å². The van der Waals surface area contributed by atoms with Gasteiger partial charge in [0.2, 0.25) is 0 Å². The summed E-state index contributed by atoms with van der Waals surface area (Å²) in [5.41, 5.74) is 12.0. The maximum atomic E-state index is 15.9. The first-order chi connectivity index (χ1) is 23.3. The van der Waals surface area contributed by atoms with E-state index in [1.165, 1.54) is 55.3 Å². The van der Waals surface area contributed by atoms with Gasteiger partial charge in [0.1, 0.15) is 5.82 Å². The van der Waals surface area contributed by atoms with Crippen LogP contribution in [0.5, 0.6) is 0 Å². The Labute approximate surface area is 272 Å². The van der Waals surface area contributed by atoms with Crippen molar-refractivity contribution in [1.29, 1.82) is 0 Å². The molecule has 220 valence electrons. The van der Waals surface area contributed by atoms with Crippen LogP contribution in [0.25, 0.3) is 43.8 Å². The van der Waals surface area contributed by atoms with Crippen molar-refractivity contribution >= 4 is 38.6 Å². The average molecular weight is 602 g/mol. The first-order valence-corrected chi connectivity index (χ1v) is 16.1. The molecule has 47 heavy (non-hydrogen) atoms. The van der Waals surface area contributed by atoms with Crippen molar-refractivity contribution in [2.75, 3.05) is 4.90 Å². The second-order valence-corrected chi connectivity index (χ2v) is 12.5. The van der Waals surface area contributed by atoms with Crippen LogP contribution in [0.15, 0.2) is 170 Å². The molecule has 0 aliphatic heterocycles. The molecule has 0 amide bonds. The highest BCUT2D eigenvalue weighted by atomic mass is 19.1. The zero-order chi connectivity index (χ0) is 31.1. The number of benzene rings is 8. The van der Waals surface area contributed by atoms with Crippen LogP contribution in [-0.2, 0) is 5.41 Å². The molecule has 0 fully saturated rings. The highest BCUT2D eigenvalue weighted by molar-refractivity contribution is 6.14. The Bertz CT molecular complexity index is 2500. The van der Waals surface area contributed by atoms with E-state index in [-0.39, 0.29) is 5.82 Å². The lowest BCUT2D eigenvalue weighted by atomic mass is 9.69. The van der Waals surface area contributed by atoms with E-state index in [9.17, 15) is 0 Å². The number of nitrogens with zero attached hydrogens (tertiary/aromatic N) is 1. The van der Waals surface area contributed by atoms with E-state index in [2.05, 4.69) is 132 Å². The smallest absolute Gasteiger partial charge is 0.147 e. The number of halogens is 1. The summed E-state index contributed by atoms with van der Waals surface area (Å²) in [6, 6.07) is 59.5. The van der Waals surface area contributed by atoms with Crippen LogP contribution < -0.4 is 4.90 Å². The fourth-order valence-electron chi connectivity index (χ4n) is 8.56. The van der Waals surface area contributed by atoms with Gasteiger partial charge in [0.15, 0.2) is 0 Å². The number of anilines is 3. The molecule has 1 spiro atoms. The molecule has 2 aliphatic carbocycles. The van der Waals surface area contributed by atoms with Crippen LogP contribution >= 0.6 is 0 Å². The van der Waals surface area contributed by atoms with Crippen molar-refractivity contribution < 1.29 is 4.39 Å². The van der Waals surface area contributed by atoms with Gasteiger partial charge >= 0.3 is 0 Å². The normalized spacial score (nSPS) is 13.4. The summed E-state index contributed by atoms with van der Waals surface area (Å²) in [5, 5.41) is 4.72. The Morgan fingerprint density at radius 3 is 1.77 bits per heavy atom. The summed E-state index contributed by atoms with van der Waals surface area (Å²) < 4.78 is 15.9. The van der Waals surface area contributed by atoms with Gasteiger partial charge in [-0.05, 0) is 91.0 Å². The monoisotopic (exact) mass is 601 g/mol. The van der Waals surface area contributed by atoms with E-state index in [1.807, 2.05) is 30.3 Å². The SMILES string of the molecule is Fc1ccccc1N(c1ccccc1)c1cc2c(c3ccccc13)-c1ccc3ccccc3c1C21c2ccccc2-c2ccccc21. The minimum absolute atomic E-state index is 0.263. The Morgan fingerprint density at radius 1 is 0.426 bits per heavy atom. The van der Waals surface area contributed by atoms with Gasteiger partial charge in [0.05, 0.1) is 16.8 Å². The number of hydrogen-bond acceptors (Lipinski definition) is 1. The number of fused-ring (bicyclic) bond motifs is 14. The molecule has 0 unspecified atom stereocenters. The van der Waals surface area contributed by atoms with Gasteiger partial charge in [-0.3, -0.25) is 0 Å². The Kier molecular flexibility index (Phi) is 5.45. The Morgan fingerprint density at radius 2 is 1.02 bits per heavy atom. The molecule has 8 aromatic carbocycles. The third-order valence-corrected chi connectivity index (χ3v) is 10.3. The molecule has 0 N–H and O–H groups in total. The lowest BCUT2D eigenvalue weighted by Crippen LogP contribution is -2.26. The lowest BCUT2D eigenvalue weighted by molar-refractivity contribution is 0.629. The van der Waals surface area contributed by atoms with Gasteiger partial charge in [0.25, 0.3) is 0 Å². The van der Waals surface area contributed by atoms with Crippen LogP contribution in [0, 0.1) is 5.82 Å². The summed E-state index contributed by atoms with van der Waals surface area (Å²) in [7, 11) is 0. The van der Waals surface area contributed by atoms with Crippen LogP contribution in [0.1, 0.15) is 22.3 Å². The maximum absolute atomic E-state index is 15.9. The van der Waals surface area contributed by atoms with Crippen molar-refractivity contribution in [3.05, 3.63) is 198 Å². The van der Waals surface area contributed by atoms with Crippen LogP contribution in [0.4, 0.5) is 21.5 Å². The van der Waals surface area contributed by atoms with Crippen molar-refractivity contribution in [3.8, 4) is 22.3 Å². The van der Waals surface area contributed by atoms with E-state index < -0.39 is 5.41 Å². The van der Waals surface area contributed by atoms with Crippen LogP contribution in [-0.4, -0.2) is 0 Å². The molecular formula is C45H28FN. The molecule has 0 saturated heterocycles. The van der Waals surface area contributed by atoms with E-state index in [4.69, 9.17) is 0 Å². The predicted octanol–water partition coefficient (Wildman–Crippen LogP) is 11.9. The first-order valence-electron chi connectivity index (χ1n) is 16.1. The number of para-hydroxylation sites is 2. The molecule has 2 heteroatoms. The van der Waals surface area contributed by atoms with Crippen LogP contribution in [0.3, 0.4) is 0 Å². The van der Waals surface area contributed by atoms with E-state index in [0.29, 0.717) is 5.69 Å². The average Bonchev–Trinajstić information content (AvgIpc) is 3.60. The quantitative estimate of drug-likeness (QED) is 0.195. The molecule has 0 bridgehead atoms. The largest absolute Gasteiger partial charge is 0.307 e. The standard InChI is InChI=1S/C45H28FN/c46-40-24-12-13-25-41(40)47(30-15-2-1-3-16-30)42-28-39-43(35-21-7-6-20-34(35)42)36-27-26-29-14-4-5-17-31(29)44(36)45(39)37-22-10-8-18-32(37)33-19-9-11-23-38(33)45/h1-28H. The van der Waals surface area contributed by atoms with Crippen molar-refractivity contribution in [1.82, 2.24) is 0 Å². The number of hydrogen-bond donors (Lipinski definition) is 0. The van der Waals surface area contributed by atoms with E-state index in [0.717, 1.165) is 22.1 Å². The van der Waals surface area contributed by atoms with Crippen molar-refractivity contribution in [2.45, 2.75) is 5.41 Å². The van der Waals surface area contributed by atoms with Crippen LogP contribution in [0.2, 0.25) is 0 Å². The number of rotatable bonds is 3. The molecule has 2 aliphatic rings. The van der Waals surface area contributed by atoms with Crippen molar-refractivity contribution in [3.63, 3.8) is 0 Å². The highest BCUT2D eigenvalue weighted by Crippen LogP contribution is 2.66. The minimum Gasteiger partial charge on any atom is -0.307 e. The first kappa shape index (κ1) is 26.2. The molecule has 1 nitrogen and oxygen atoms in total. The van der Waals surface area contributed by atoms with Gasteiger partial charge in [-0.15, -0.1) is 0 Å². The fraction of sp³-hybridized carbons (Fsp3) is 0.0222. The van der Waals surface area contributed by atoms with Gasteiger partial charge in [-0.25, -0.2) is 4.39 Å². The molecule has 0 saturated carbocycles. The molecule has 10 rings (SSSR count). The van der Waals surface area contributed by atoms with Gasteiger partial charge in [0, 0.05) is 11.1 Å². The summed E-state index contributed by atoms with van der Waals surface area (Å²) in [6.07, 6.45) is 0. The third kappa shape index (κ3) is 3.42. The minimum atomic E-state index is -0.560. The van der Waals surface area contributed by atoms with Gasteiger partial charge < -0.3 is 4.90 Å². The third-order valence-electron chi connectivity index (χ3n) is 10.3. The second kappa shape index (κ2) is 9.75. The Balaban J connectivity index is 1.43. The summed E-state index contributed by atoms with van der Waals surface area (Å²) in [4.78, 5) is 2.10. The zero-order valence-corrected chi connectivity index (χ0v) is 25.5. The zero-order valence-electron chi connectivity index (χ0n) is 25.5. The predicted molar refractivity (Wildman–Crippen MR) is 192 cm³/mol. The Hall–Kier alpha value is -5.99. The molecular weight excluding hydrogens is 574 g/mol. The molecule has 0 heterocycles. The maximum Gasteiger partial charge on any atom is 0.147 e. The summed E-state index contributed by atoms with van der Waals surface area (Å²) in [5.74, 6) is -0.263. The van der Waals surface area contributed by atoms with E-state index >= 15 is 4.39 Å². The topological polar surface area (TPSA) is 3.24 Å². The second-order valence-electron chi connectivity index (χ2n) is 12.5. The summed E-state index contributed by atoms with van der Waals surface area (Å²) >= 11 is 0. The van der Waals surface area contributed by atoms with E-state index in [1.54, 1.807) is 12.1 Å². The lowest BCUT2D eigenvalue weighted by Gasteiger charge is -2.33. The molecule has 0 radical (unpaired) electrons. The molecule has 0 aromatic heterocycles. The summed E-state index contributed by atoms with van der Waals surface area (Å²) in [6.45, 7) is 0. The molecule has 8 aromatic rings. The molecule has 0 atom stereocenters. The highest BCUT2D eigenvalue weighted by Gasteiger charge is 2.53. The van der Waals surface area contributed by atoms with Gasteiger partial charge in [-0.1, -0.05) is 140 Å². The van der Waals surface area contributed by atoms with Crippen molar-refractivity contribution in [2.24, 2.45) is 0 Å².